The topological polar surface area (TPSA) is 20.2 Å². The molecule has 0 bridgehead atoms. The molecule has 0 radical (unpaired) electrons. The maximum absolute atomic E-state index is 10.1. The van der Waals surface area contributed by atoms with Crippen LogP contribution in [0.25, 0.3) is 0 Å². The number of aliphatic hydroxyl groups is 1. The fourth-order valence-electron chi connectivity index (χ4n) is 2.21. The third-order valence-corrected chi connectivity index (χ3v) is 4.23. The van der Waals surface area contributed by atoms with Crippen LogP contribution in [-0.4, -0.2) is 11.2 Å². The molecule has 0 saturated heterocycles. The van der Waals surface area contributed by atoms with Crippen LogP contribution in [0.15, 0.2) is 47.8 Å². The van der Waals surface area contributed by atoms with Crippen LogP contribution in [0, 0.1) is 0 Å². The Morgan fingerprint density at radius 2 is 1.89 bits per heavy atom. The Hall–Kier alpha value is -1.12. The van der Waals surface area contributed by atoms with Crippen molar-refractivity contribution in [3.8, 4) is 0 Å². The second kappa shape index (κ2) is 6.72. The minimum atomic E-state index is -0.206. The van der Waals surface area contributed by atoms with E-state index >= 15 is 0 Å². The Labute approximate surface area is 113 Å². The molecule has 0 spiro atoms. The first kappa shape index (κ1) is 13.3. The predicted octanol–water partition coefficient (Wildman–Crippen LogP) is 4.24. The number of aliphatic hydroxyl groups excluding tert-OH is 1. The van der Waals surface area contributed by atoms with Gasteiger partial charge in [0.2, 0.25) is 0 Å². The maximum atomic E-state index is 10.1. The van der Waals surface area contributed by atoms with E-state index < -0.39 is 0 Å². The molecule has 1 N–H and O–H groups in total. The molecule has 0 amide bonds. The van der Waals surface area contributed by atoms with Crippen molar-refractivity contribution < 1.29 is 5.11 Å². The van der Waals surface area contributed by atoms with E-state index in [1.54, 1.807) is 11.3 Å². The number of rotatable bonds is 6. The lowest BCUT2D eigenvalue weighted by Gasteiger charge is -2.16. The highest BCUT2D eigenvalue weighted by molar-refractivity contribution is 7.09. The van der Waals surface area contributed by atoms with Gasteiger partial charge in [-0.2, -0.15) is 0 Å². The molecule has 1 aromatic carbocycles. The van der Waals surface area contributed by atoms with E-state index in [4.69, 9.17) is 0 Å². The first-order valence-electron chi connectivity index (χ1n) is 6.51. The lowest BCUT2D eigenvalue weighted by Crippen LogP contribution is -2.11. The summed E-state index contributed by atoms with van der Waals surface area (Å²) in [6.07, 6.45) is 2.48. The number of thiophene rings is 1. The second-order valence-corrected chi connectivity index (χ2v) is 5.85. The third kappa shape index (κ3) is 3.97. The molecular formula is C16H20OS. The monoisotopic (exact) mass is 260 g/mol. The molecule has 2 aromatic rings. The normalized spacial score (nSPS) is 14.3. The van der Waals surface area contributed by atoms with Gasteiger partial charge in [0.15, 0.2) is 0 Å². The lowest BCUT2D eigenvalue weighted by molar-refractivity contribution is 0.148. The second-order valence-electron chi connectivity index (χ2n) is 4.82. The third-order valence-electron chi connectivity index (χ3n) is 3.30. The van der Waals surface area contributed by atoms with Gasteiger partial charge in [-0.1, -0.05) is 43.3 Å². The fourth-order valence-corrected chi connectivity index (χ4v) is 2.93. The van der Waals surface area contributed by atoms with Crippen LogP contribution in [0.2, 0.25) is 0 Å². The van der Waals surface area contributed by atoms with Crippen LogP contribution < -0.4 is 0 Å². The Morgan fingerprint density at radius 1 is 1.11 bits per heavy atom. The minimum absolute atomic E-state index is 0.206. The van der Waals surface area contributed by atoms with E-state index in [-0.39, 0.29) is 6.10 Å². The van der Waals surface area contributed by atoms with Crippen LogP contribution in [0.5, 0.6) is 0 Å². The molecule has 0 aliphatic heterocycles. The highest BCUT2D eigenvalue weighted by Crippen LogP contribution is 2.22. The zero-order valence-electron chi connectivity index (χ0n) is 10.8. The zero-order chi connectivity index (χ0) is 12.8. The van der Waals surface area contributed by atoms with E-state index in [0.717, 1.165) is 19.3 Å². The molecule has 0 aliphatic rings. The number of benzene rings is 1. The van der Waals surface area contributed by atoms with Gasteiger partial charge in [0.25, 0.3) is 0 Å². The summed E-state index contributed by atoms with van der Waals surface area (Å²) in [4.78, 5) is 1.36. The molecule has 0 saturated carbocycles. The van der Waals surface area contributed by atoms with Crippen molar-refractivity contribution in [3.63, 3.8) is 0 Å². The van der Waals surface area contributed by atoms with Crippen molar-refractivity contribution >= 4 is 11.3 Å². The number of aryl methyl sites for hydroxylation is 1. The Morgan fingerprint density at radius 3 is 2.56 bits per heavy atom. The van der Waals surface area contributed by atoms with Gasteiger partial charge in [-0.3, -0.25) is 0 Å². The Bertz CT molecular complexity index is 435. The van der Waals surface area contributed by atoms with Gasteiger partial charge in [-0.05, 0) is 42.2 Å². The highest BCUT2D eigenvalue weighted by Gasteiger charge is 2.12. The first-order valence-corrected chi connectivity index (χ1v) is 7.39. The average Bonchev–Trinajstić information content (AvgIpc) is 2.90. The molecule has 0 fully saturated rings. The van der Waals surface area contributed by atoms with E-state index in [0.29, 0.717) is 5.92 Å². The summed E-state index contributed by atoms with van der Waals surface area (Å²) in [5.74, 6) is 0.421. The minimum Gasteiger partial charge on any atom is -0.393 e. The van der Waals surface area contributed by atoms with Gasteiger partial charge in [0.1, 0.15) is 0 Å². The van der Waals surface area contributed by atoms with Crippen molar-refractivity contribution in [2.24, 2.45) is 0 Å². The van der Waals surface area contributed by atoms with Crippen molar-refractivity contribution in [1.82, 2.24) is 0 Å². The van der Waals surface area contributed by atoms with Crippen LogP contribution in [0.4, 0.5) is 0 Å². The van der Waals surface area contributed by atoms with E-state index in [2.05, 4.69) is 48.7 Å². The summed E-state index contributed by atoms with van der Waals surface area (Å²) in [6, 6.07) is 14.6. The number of hydrogen-bond donors (Lipinski definition) is 1. The average molecular weight is 260 g/mol. The Kier molecular flexibility index (Phi) is 4.97. The van der Waals surface area contributed by atoms with Crippen molar-refractivity contribution in [1.29, 1.82) is 0 Å². The van der Waals surface area contributed by atoms with Gasteiger partial charge < -0.3 is 5.11 Å². The van der Waals surface area contributed by atoms with Crippen LogP contribution in [0.3, 0.4) is 0 Å². The SMILES string of the molecule is CC(CC(O)CCc1cccs1)c1ccccc1. The van der Waals surface area contributed by atoms with Gasteiger partial charge in [-0.15, -0.1) is 11.3 Å². The zero-order valence-corrected chi connectivity index (χ0v) is 11.6. The summed E-state index contributed by atoms with van der Waals surface area (Å²) in [5.41, 5.74) is 1.31. The largest absolute Gasteiger partial charge is 0.393 e. The molecule has 2 atom stereocenters. The molecule has 0 aliphatic carbocycles. The van der Waals surface area contributed by atoms with Gasteiger partial charge >= 0.3 is 0 Å². The van der Waals surface area contributed by atoms with Gasteiger partial charge in [0.05, 0.1) is 6.10 Å². The van der Waals surface area contributed by atoms with Crippen molar-refractivity contribution in [2.45, 2.75) is 38.2 Å². The highest BCUT2D eigenvalue weighted by atomic mass is 32.1. The molecule has 1 heterocycles. The molecule has 18 heavy (non-hydrogen) atoms. The van der Waals surface area contributed by atoms with Gasteiger partial charge in [0, 0.05) is 4.88 Å². The maximum Gasteiger partial charge on any atom is 0.0549 e. The molecule has 2 unspecified atom stereocenters. The van der Waals surface area contributed by atoms with Crippen molar-refractivity contribution in [3.05, 3.63) is 58.3 Å². The molecule has 2 heteroatoms. The standard InChI is InChI=1S/C16H20OS/c1-13(14-6-3-2-4-7-14)12-15(17)9-10-16-8-5-11-18-16/h2-8,11,13,15,17H,9-10,12H2,1H3. The lowest BCUT2D eigenvalue weighted by atomic mass is 9.93. The van der Waals surface area contributed by atoms with Crippen LogP contribution in [0.1, 0.15) is 36.1 Å². The molecule has 1 aromatic heterocycles. The van der Waals surface area contributed by atoms with Crippen molar-refractivity contribution in [2.75, 3.05) is 0 Å². The van der Waals surface area contributed by atoms with E-state index in [1.807, 2.05) is 6.07 Å². The van der Waals surface area contributed by atoms with Crippen LogP contribution in [-0.2, 0) is 6.42 Å². The first-order chi connectivity index (χ1) is 8.75. The van der Waals surface area contributed by atoms with Crippen LogP contribution >= 0.6 is 11.3 Å². The van der Waals surface area contributed by atoms with Gasteiger partial charge in [-0.25, -0.2) is 0 Å². The fraction of sp³-hybridized carbons (Fsp3) is 0.375. The molecule has 96 valence electrons. The summed E-state index contributed by atoms with van der Waals surface area (Å²) >= 11 is 1.77. The summed E-state index contributed by atoms with van der Waals surface area (Å²) in [5, 5.41) is 12.2. The van der Waals surface area contributed by atoms with E-state index in [9.17, 15) is 5.11 Å². The molecular weight excluding hydrogens is 240 g/mol. The summed E-state index contributed by atoms with van der Waals surface area (Å²) < 4.78 is 0. The van der Waals surface area contributed by atoms with E-state index in [1.165, 1.54) is 10.4 Å². The predicted molar refractivity (Wildman–Crippen MR) is 78.1 cm³/mol. The summed E-state index contributed by atoms with van der Waals surface area (Å²) in [6.45, 7) is 2.18. The number of hydrogen-bond acceptors (Lipinski definition) is 2. The Balaban J connectivity index is 1.78. The summed E-state index contributed by atoms with van der Waals surface area (Å²) in [7, 11) is 0. The molecule has 2 rings (SSSR count). The smallest absolute Gasteiger partial charge is 0.0549 e. The quantitative estimate of drug-likeness (QED) is 0.824. The molecule has 1 nitrogen and oxygen atoms in total.